The van der Waals surface area contributed by atoms with Crippen LogP contribution in [0.4, 0.5) is 10.6 Å². The Morgan fingerprint density at radius 1 is 1.50 bits per heavy atom. The van der Waals surface area contributed by atoms with Crippen LogP contribution in [0.25, 0.3) is 0 Å². The lowest BCUT2D eigenvalue weighted by molar-refractivity contribution is 0.0172. The molecule has 1 amide bonds. The van der Waals surface area contributed by atoms with Crippen LogP contribution in [-0.4, -0.2) is 46.2 Å². The molecule has 0 aromatic carbocycles. The third-order valence-corrected chi connectivity index (χ3v) is 4.42. The SMILES string of the molecule is CCc1ncc(Br)c(NCC2CCCN(C(=O)OC(C)(C)C)C2)n1. The van der Waals surface area contributed by atoms with Crippen molar-refractivity contribution in [3.63, 3.8) is 0 Å². The molecule has 1 aliphatic rings. The van der Waals surface area contributed by atoms with Crippen LogP contribution >= 0.6 is 15.9 Å². The van der Waals surface area contributed by atoms with E-state index in [1.807, 2.05) is 32.6 Å². The second kappa shape index (κ2) is 8.14. The Balaban J connectivity index is 1.90. The summed E-state index contributed by atoms with van der Waals surface area (Å²) in [6, 6.07) is 0. The highest BCUT2D eigenvalue weighted by Gasteiger charge is 2.27. The lowest BCUT2D eigenvalue weighted by atomic mass is 9.98. The number of ether oxygens (including phenoxy) is 1. The van der Waals surface area contributed by atoms with Crippen LogP contribution in [0.15, 0.2) is 10.7 Å². The summed E-state index contributed by atoms with van der Waals surface area (Å²) >= 11 is 3.48. The Kier molecular flexibility index (Phi) is 6.43. The van der Waals surface area contributed by atoms with Gasteiger partial charge in [0.15, 0.2) is 0 Å². The van der Waals surface area contributed by atoms with E-state index in [2.05, 4.69) is 31.2 Å². The van der Waals surface area contributed by atoms with Gasteiger partial charge in [-0.2, -0.15) is 0 Å². The molecule has 1 fully saturated rings. The summed E-state index contributed by atoms with van der Waals surface area (Å²) in [6.45, 7) is 9.97. The largest absolute Gasteiger partial charge is 0.444 e. The number of carbonyl (C=O) groups excluding carboxylic acids is 1. The van der Waals surface area contributed by atoms with Gasteiger partial charge < -0.3 is 15.0 Å². The molecule has 0 saturated carbocycles. The van der Waals surface area contributed by atoms with Gasteiger partial charge in [-0.05, 0) is 55.5 Å². The zero-order chi connectivity index (χ0) is 17.7. The third kappa shape index (κ3) is 5.61. The van der Waals surface area contributed by atoms with E-state index in [1.54, 1.807) is 6.20 Å². The molecule has 7 heteroatoms. The number of piperidine rings is 1. The van der Waals surface area contributed by atoms with Gasteiger partial charge in [-0.15, -0.1) is 0 Å². The van der Waals surface area contributed by atoms with Gasteiger partial charge in [-0.3, -0.25) is 0 Å². The minimum Gasteiger partial charge on any atom is -0.444 e. The number of likely N-dealkylation sites (tertiary alicyclic amines) is 1. The first-order chi connectivity index (χ1) is 11.3. The Morgan fingerprint density at radius 3 is 2.92 bits per heavy atom. The number of hydrogen-bond donors (Lipinski definition) is 1. The second-order valence-corrected chi connectivity index (χ2v) is 8.01. The molecule has 0 aliphatic carbocycles. The number of halogens is 1. The van der Waals surface area contributed by atoms with E-state index in [-0.39, 0.29) is 6.09 Å². The van der Waals surface area contributed by atoms with E-state index in [9.17, 15) is 4.79 Å². The number of nitrogens with one attached hydrogen (secondary N) is 1. The molecule has 1 aromatic rings. The zero-order valence-electron chi connectivity index (χ0n) is 14.9. The average molecular weight is 399 g/mol. The minimum atomic E-state index is -0.454. The van der Waals surface area contributed by atoms with Gasteiger partial charge in [0.25, 0.3) is 0 Å². The van der Waals surface area contributed by atoms with Crippen molar-refractivity contribution < 1.29 is 9.53 Å². The molecule has 1 atom stereocenters. The van der Waals surface area contributed by atoms with Gasteiger partial charge in [0.2, 0.25) is 0 Å². The molecule has 2 heterocycles. The summed E-state index contributed by atoms with van der Waals surface area (Å²) in [6.07, 6.45) is 4.45. The number of anilines is 1. The Morgan fingerprint density at radius 2 is 2.25 bits per heavy atom. The Hall–Kier alpha value is -1.37. The molecule has 0 bridgehead atoms. The highest BCUT2D eigenvalue weighted by molar-refractivity contribution is 9.10. The highest BCUT2D eigenvalue weighted by atomic mass is 79.9. The molecule has 1 aliphatic heterocycles. The van der Waals surface area contributed by atoms with Crippen molar-refractivity contribution in [2.45, 2.75) is 52.6 Å². The van der Waals surface area contributed by atoms with Gasteiger partial charge in [-0.25, -0.2) is 14.8 Å². The summed E-state index contributed by atoms with van der Waals surface area (Å²) in [7, 11) is 0. The maximum absolute atomic E-state index is 12.2. The fourth-order valence-electron chi connectivity index (χ4n) is 2.66. The predicted molar refractivity (Wildman–Crippen MR) is 98.1 cm³/mol. The topological polar surface area (TPSA) is 67.4 Å². The van der Waals surface area contributed by atoms with Crippen molar-refractivity contribution in [3.8, 4) is 0 Å². The predicted octanol–water partition coefficient (Wildman–Crippen LogP) is 3.86. The van der Waals surface area contributed by atoms with E-state index in [1.165, 1.54) is 0 Å². The van der Waals surface area contributed by atoms with Gasteiger partial charge in [0.1, 0.15) is 17.2 Å². The summed E-state index contributed by atoms with van der Waals surface area (Å²) in [5.74, 6) is 2.02. The van der Waals surface area contributed by atoms with Crippen LogP contribution in [0, 0.1) is 5.92 Å². The normalized spacial score (nSPS) is 18.4. The summed E-state index contributed by atoms with van der Waals surface area (Å²) in [5, 5.41) is 3.39. The van der Waals surface area contributed by atoms with Crippen LogP contribution in [0.2, 0.25) is 0 Å². The molecule has 1 saturated heterocycles. The molecular weight excluding hydrogens is 372 g/mol. The van der Waals surface area contributed by atoms with Gasteiger partial charge >= 0.3 is 6.09 Å². The van der Waals surface area contributed by atoms with Crippen LogP contribution in [0.3, 0.4) is 0 Å². The van der Waals surface area contributed by atoms with Gasteiger partial charge in [0, 0.05) is 32.3 Å². The Bertz CT molecular complexity index is 574. The number of nitrogens with zero attached hydrogens (tertiary/aromatic N) is 3. The van der Waals surface area contributed by atoms with Crippen molar-refractivity contribution in [2.75, 3.05) is 25.0 Å². The number of aromatic nitrogens is 2. The Labute approximate surface area is 152 Å². The molecule has 0 radical (unpaired) electrons. The number of rotatable bonds is 4. The van der Waals surface area contributed by atoms with Crippen molar-refractivity contribution in [2.24, 2.45) is 5.92 Å². The van der Waals surface area contributed by atoms with Crippen molar-refractivity contribution in [1.82, 2.24) is 14.9 Å². The van der Waals surface area contributed by atoms with Crippen LogP contribution in [0.5, 0.6) is 0 Å². The first-order valence-corrected chi connectivity index (χ1v) is 9.31. The molecule has 134 valence electrons. The fourth-order valence-corrected chi connectivity index (χ4v) is 2.99. The fraction of sp³-hybridized carbons (Fsp3) is 0.706. The first kappa shape index (κ1) is 19.0. The number of carbonyl (C=O) groups is 1. The summed E-state index contributed by atoms with van der Waals surface area (Å²) in [4.78, 5) is 22.8. The highest BCUT2D eigenvalue weighted by Crippen LogP contribution is 2.22. The van der Waals surface area contributed by atoms with Crippen LogP contribution < -0.4 is 5.32 Å². The zero-order valence-corrected chi connectivity index (χ0v) is 16.5. The molecular formula is C17H27BrN4O2. The molecule has 0 spiro atoms. The molecule has 1 aromatic heterocycles. The molecule has 24 heavy (non-hydrogen) atoms. The molecule has 1 N–H and O–H groups in total. The second-order valence-electron chi connectivity index (χ2n) is 7.15. The van der Waals surface area contributed by atoms with E-state index < -0.39 is 5.60 Å². The molecule has 2 rings (SSSR count). The smallest absolute Gasteiger partial charge is 0.410 e. The minimum absolute atomic E-state index is 0.219. The van der Waals surface area contributed by atoms with Crippen LogP contribution in [0.1, 0.15) is 46.4 Å². The van der Waals surface area contributed by atoms with Crippen molar-refractivity contribution >= 4 is 27.8 Å². The van der Waals surface area contributed by atoms with E-state index >= 15 is 0 Å². The average Bonchev–Trinajstić information content (AvgIpc) is 2.53. The molecule has 6 nitrogen and oxygen atoms in total. The van der Waals surface area contributed by atoms with Crippen molar-refractivity contribution in [3.05, 3.63) is 16.5 Å². The van der Waals surface area contributed by atoms with Crippen molar-refractivity contribution in [1.29, 1.82) is 0 Å². The van der Waals surface area contributed by atoms with E-state index in [4.69, 9.17) is 4.74 Å². The van der Waals surface area contributed by atoms with E-state index in [0.29, 0.717) is 12.5 Å². The summed E-state index contributed by atoms with van der Waals surface area (Å²) < 4.78 is 6.34. The number of amides is 1. The van der Waals surface area contributed by atoms with Crippen LogP contribution in [-0.2, 0) is 11.2 Å². The first-order valence-electron chi connectivity index (χ1n) is 8.51. The van der Waals surface area contributed by atoms with Gasteiger partial charge in [0.05, 0.1) is 4.47 Å². The lowest BCUT2D eigenvalue weighted by Crippen LogP contribution is -2.44. The third-order valence-electron chi connectivity index (χ3n) is 3.84. The quantitative estimate of drug-likeness (QED) is 0.833. The maximum atomic E-state index is 12.2. The number of aryl methyl sites for hydroxylation is 1. The van der Waals surface area contributed by atoms with Gasteiger partial charge in [-0.1, -0.05) is 6.92 Å². The molecule has 1 unspecified atom stereocenters. The number of hydrogen-bond acceptors (Lipinski definition) is 5. The maximum Gasteiger partial charge on any atom is 0.410 e. The summed E-state index contributed by atoms with van der Waals surface area (Å²) in [5.41, 5.74) is -0.454. The van der Waals surface area contributed by atoms with E-state index in [0.717, 1.165) is 48.5 Å². The monoisotopic (exact) mass is 398 g/mol. The lowest BCUT2D eigenvalue weighted by Gasteiger charge is -2.34. The standard InChI is InChI=1S/C17H27BrN4O2/c1-5-14-19-10-13(18)15(21-14)20-9-12-7-6-8-22(11-12)16(23)24-17(2,3)4/h10,12H,5-9,11H2,1-4H3,(H,19,20,21).